The lowest BCUT2D eigenvalue weighted by Crippen LogP contribution is -1.94. The number of ether oxygens (including phenoxy) is 1. The molecule has 0 saturated heterocycles. The minimum Gasteiger partial charge on any atom is -0.480 e. The first-order valence-corrected chi connectivity index (χ1v) is 3.35. The van der Waals surface area contributed by atoms with E-state index in [1.54, 1.807) is 5.38 Å². The van der Waals surface area contributed by atoms with Crippen LogP contribution in [-0.4, -0.2) is 23.2 Å². The second kappa shape index (κ2) is 2.66. The van der Waals surface area contributed by atoms with E-state index in [0.717, 1.165) is 11.3 Å². The highest BCUT2D eigenvalue weighted by atomic mass is 32.1. The van der Waals surface area contributed by atoms with Crippen molar-refractivity contribution in [2.75, 3.05) is 7.11 Å². The highest BCUT2D eigenvalue weighted by Gasteiger charge is 2.07. The fraction of sp³-hybridized carbons (Fsp3) is 0.200. The van der Waals surface area contributed by atoms with Gasteiger partial charge in [-0.25, -0.2) is 4.79 Å². The van der Waals surface area contributed by atoms with E-state index in [1.165, 1.54) is 7.11 Å². The molecule has 0 fully saturated rings. The Labute approximate surface area is 61.1 Å². The molecule has 0 aliphatic carbocycles. The fourth-order valence-electron chi connectivity index (χ4n) is 0.451. The lowest BCUT2D eigenvalue weighted by molar-refractivity contribution is 0.0695. The Morgan fingerprint density at radius 2 is 2.60 bits per heavy atom. The summed E-state index contributed by atoms with van der Waals surface area (Å²) in [5.74, 6) is -0.671. The molecule has 0 aromatic carbocycles. The number of thiazole rings is 1. The molecule has 0 radical (unpaired) electrons. The molecule has 0 atom stereocenters. The van der Waals surface area contributed by atoms with Gasteiger partial charge in [-0.05, 0) is 0 Å². The summed E-state index contributed by atoms with van der Waals surface area (Å²) in [6.45, 7) is 0. The van der Waals surface area contributed by atoms with Crippen molar-refractivity contribution in [2.24, 2.45) is 0 Å². The monoisotopic (exact) mass is 159 g/mol. The first-order valence-electron chi connectivity index (χ1n) is 2.47. The van der Waals surface area contributed by atoms with Crippen molar-refractivity contribution < 1.29 is 14.6 Å². The quantitative estimate of drug-likeness (QED) is 0.694. The molecule has 1 aromatic heterocycles. The molecule has 5 heteroatoms. The molecule has 1 heterocycles. The van der Waals surface area contributed by atoms with Gasteiger partial charge in [0, 0.05) is 0 Å². The third kappa shape index (κ3) is 1.24. The molecule has 0 spiro atoms. The van der Waals surface area contributed by atoms with Gasteiger partial charge in [0.05, 0.1) is 12.5 Å². The van der Waals surface area contributed by atoms with Crippen LogP contribution in [0.3, 0.4) is 0 Å². The zero-order valence-electron chi connectivity index (χ0n) is 5.20. The van der Waals surface area contributed by atoms with Gasteiger partial charge in [0.1, 0.15) is 0 Å². The highest BCUT2D eigenvalue weighted by molar-refractivity contribution is 7.11. The van der Waals surface area contributed by atoms with E-state index in [0.29, 0.717) is 5.88 Å². The first kappa shape index (κ1) is 7.01. The molecule has 0 bridgehead atoms. The van der Waals surface area contributed by atoms with Crippen LogP contribution in [0.25, 0.3) is 0 Å². The van der Waals surface area contributed by atoms with Crippen molar-refractivity contribution in [1.82, 2.24) is 4.98 Å². The summed E-state index contributed by atoms with van der Waals surface area (Å²) >= 11 is 1.05. The highest BCUT2D eigenvalue weighted by Crippen LogP contribution is 2.14. The number of carboxylic acids is 1. The molecular formula is C5H5NO3S. The molecule has 1 rings (SSSR count). The predicted molar refractivity (Wildman–Crippen MR) is 35.6 cm³/mol. The number of methoxy groups -OCH3 is 1. The topological polar surface area (TPSA) is 59.4 Å². The Hall–Kier alpha value is -1.10. The van der Waals surface area contributed by atoms with E-state index in [9.17, 15) is 4.79 Å². The van der Waals surface area contributed by atoms with Gasteiger partial charge in [0.2, 0.25) is 10.9 Å². The van der Waals surface area contributed by atoms with Gasteiger partial charge in [0.25, 0.3) is 0 Å². The van der Waals surface area contributed by atoms with Crippen LogP contribution in [0.5, 0.6) is 5.88 Å². The summed E-state index contributed by atoms with van der Waals surface area (Å²) in [6, 6.07) is 0. The minimum atomic E-state index is -1.02. The average Bonchev–Trinajstić information content (AvgIpc) is 2.34. The zero-order valence-corrected chi connectivity index (χ0v) is 6.01. The second-order valence-corrected chi connectivity index (χ2v) is 2.36. The van der Waals surface area contributed by atoms with Crippen LogP contribution in [0.15, 0.2) is 5.38 Å². The lowest BCUT2D eigenvalue weighted by atomic mass is 10.7. The molecular weight excluding hydrogens is 154 g/mol. The van der Waals surface area contributed by atoms with Crippen LogP contribution in [0.2, 0.25) is 0 Å². The molecule has 10 heavy (non-hydrogen) atoms. The van der Waals surface area contributed by atoms with Gasteiger partial charge in [-0.15, -0.1) is 11.3 Å². The molecule has 1 N–H and O–H groups in total. The SMILES string of the molecule is COc1csc(C(=O)O)n1. The Kier molecular flexibility index (Phi) is 1.86. The second-order valence-electron chi connectivity index (χ2n) is 1.50. The van der Waals surface area contributed by atoms with Crippen molar-refractivity contribution in [3.63, 3.8) is 0 Å². The summed E-state index contributed by atoms with van der Waals surface area (Å²) in [7, 11) is 1.45. The first-order chi connectivity index (χ1) is 4.74. The maximum absolute atomic E-state index is 10.2. The summed E-state index contributed by atoms with van der Waals surface area (Å²) in [6.07, 6.45) is 0. The van der Waals surface area contributed by atoms with E-state index in [1.807, 2.05) is 0 Å². The van der Waals surface area contributed by atoms with E-state index in [2.05, 4.69) is 9.72 Å². The van der Waals surface area contributed by atoms with Gasteiger partial charge in [-0.1, -0.05) is 0 Å². The lowest BCUT2D eigenvalue weighted by Gasteiger charge is -1.86. The number of rotatable bonds is 2. The Bertz CT molecular complexity index is 245. The van der Waals surface area contributed by atoms with Crippen molar-refractivity contribution in [1.29, 1.82) is 0 Å². The molecule has 0 aliphatic rings. The van der Waals surface area contributed by atoms with Crippen LogP contribution in [0.1, 0.15) is 9.80 Å². The summed E-state index contributed by atoms with van der Waals surface area (Å²) in [5.41, 5.74) is 0. The molecule has 0 unspecified atom stereocenters. The van der Waals surface area contributed by atoms with E-state index in [-0.39, 0.29) is 5.01 Å². The summed E-state index contributed by atoms with van der Waals surface area (Å²) in [4.78, 5) is 13.8. The van der Waals surface area contributed by atoms with E-state index >= 15 is 0 Å². The van der Waals surface area contributed by atoms with Crippen LogP contribution >= 0.6 is 11.3 Å². The number of hydrogen-bond donors (Lipinski definition) is 1. The smallest absolute Gasteiger partial charge is 0.365 e. The van der Waals surface area contributed by atoms with Gasteiger partial charge < -0.3 is 9.84 Å². The third-order valence-electron chi connectivity index (χ3n) is 0.875. The molecule has 0 saturated carbocycles. The van der Waals surface area contributed by atoms with Crippen LogP contribution < -0.4 is 4.74 Å². The molecule has 1 aromatic rings. The van der Waals surface area contributed by atoms with E-state index in [4.69, 9.17) is 5.11 Å². The third-order valence-corrected chi connectivity index (χ3v) is 1.68. The van der Waals surface area contributed by atoms with Gasteiger partial charge in [-0.2, -0.15) is 4.98 Å². The van der Waals surface area contributed by atoms with Gasteiger partial charge in [0.15, 0.2) is 0 Å². The predicted octanol–water partition coefficient (Wildman–Crippen LogP) is 0.850. The van der Waals surface area contributed by atoms with Crippen LogP contribution in [0, 0.1) is 0 Å². The molecule has 0 amide bonds. The van der Waals surface area contributed by atoms with Gasteiger partial charge >= 0.3 is 5.97 Å². The number of aromatic carboxylic acids is 1. The fourth-order valence-corrected chi connectivity index (χ4v) is 1.06. The maximum atomic E-state index is 10.2. The summed E-state index contributed by atoms with van der Waals surface area (Å²) < 4.78 is 4.68. The number of hydrogen-bond acceptors (Lipinski definition) is 4. The number of nitrogens with zero attached hydrogens (tertiary/aromatic N) is 1. The zero-order chi connectivity index (χ0) is 7.56. The van der Waals surface area contributed by atoms with Crippen molar-refractivity contribution in [2.45, 2.75) is 0 Å². The number of aromatic nitrogens is 1. The maximum Gasteiger partial charge on any atom is 0.365 e. The van der Waals surface area contributed by atoms with Gasteiger partial charge in [-0.3, -0.25) is 0 Å². The normalized spacial score (nSPS) is 9.30. The standard InChI is InChI=1S/C5H5NO3S/c1-9-3-2-10-4(6-3)5(7)8/h2H,1H3,(H,7,8). The largest absolute Gasteiger partial charge is 0.480 e. The van der Waals surface area contributed by atoms with E-state index < -0.39 is 5.97 Å². The Morgan fingerprint density at radius 3 is 2.90 bits per heavy atom. The number of carboxylic acid groups (broad SMARTS) is 1. The van der Waals surface area contributed by atoms with Crippen LogP contribution in [-0.2, 0) is 0 Å². The number of carbonyl (C=O) groups is 1. The van der Waals surface area contributed by atoms with Crippen molar-refractivity contribution >= 4 is 17.3 Å². The molecule has 54 valence electrons. The molecule has 0 aliphatic heterocycles. The van der Waals surface area contributed by atoms with Crippen LogP contribution in [0.4, 0.5) is 0 Å². The molecule has 4 nitrogen and oxygen atoms in total. The Morgan fingerprint density at radius 1 is 1.90 bits per heavy atom. The Balaban J connectivity index is 2.88. The van der Waals surface area contributed by atoms with Crippen molar-refractivity contribution in [3.05, 3.63) is 10.4 Å². The summed E-state index contributed by atoms with van der Waals surface area (Å²) in [5, 5.41) is 9.98. The van der Waals surface area contributed by atoms with Crippen molar-refractivity contribution in [3.8, 4) is 5.88 Å². The average molecular weight is 159 g/mol. The minimum absolute atomic E-state index is 0.0526.